The first-order valence-electron chi connectivity index (χ1n) is 5.69. The zero-order valence-electron chi connectivity index (χ0n) is 9.42. The number of primary amides is 1. The Hall–Kier alpha value is -1.30. The standard InChI is InChI=1S/C10H20N4O2/c11-10(16)14-5-4-13-9(15)6-8-2-1-3-12-7-8/h8,12H,1-7H2,(H,13,15)(H3,11,14,16). The van der Waals surface area contributed by atoms with Crippen LogP contribution in [0.5, 0.6) is 0 Å². The van der Waals surface area contributed by atoms with Gasteiger partial charge in [-0.2, -0.15) is 0 Å². The predicted molar refractivity (Wildman–Crippen MR) is 60.8 cm³/mol. The van der Waals surface area contributed by atoms with Gasteiger partial charge in [0.2, 0.25) is 5.91 Å². The van der Waals surface area contributed by atoms with E-state index in [-0.39, 0.29) is 5.91 Å². The number of carbonyl (C=O) groups is 2. The molecule has 1 saturated heterocycles. The monoisotopic (exact) mass is 228 g/mol. The smallest absolute Gasteiger partial charge is 0.312 e. The minimum absolute atomic E-state index is 0.0416. The van der Waals surface area contributed by atoms with Gasteiger partial charge in [-0.1, -0.05) is 0 Å². The van der Waals surface area contributed by atoms with Gasteiger partial charge in [0.25, 0.3) is 0 Å². The van der Waals surface area contributed by atoms with E-state index in [0.29, 0.717) is 25.4 Å². The van der Waals surface area contributed by atoms with Crippen molar-refractivity contribution in [3.8, 4) is 0 Å². The highest BCUT2D eigenvalue weighted by atomic mass is 16.2. The van der Waals surface area contributed by atoms with Crippen molar-refractivity contribution < 1.29 is 9.59 Å². The summed E-state index contributed by atoms with van der Waals surface area (Å²) in [7, 11) is 0. The van der Waals surface area contributed by atoms with E-state index in [1.54, 1.807) is 0 Å². The Morgan fingerprint density at radius 2 is 2.06 bits per heavy atom. The van der Waals surface area contributed by atoms with E-state index in [1.165, 1.54) is 0 Å². The fourth-order valence-electron chi connectivity index (χ4n) is 1.82. The molecule has 6 heteroatoms. The Kier molecular flexibility index (Phi) is 5.63. The number of urea groups is 1. The van der Waals surface area contributed by atoms with Gasteiger partial charge < -0.3 is 21.7 Å². The first kappa shape index (κ1) is 12.8. The molecule has 0 aromatic heterocycles. The first-order valence-corrected chi connectivity index (χ1v) is 5.69. The average Bonchev–Trinajstić information content (AvgIpc) is 2.25. The van der Waals surface area contributed by atoms with E-state index < -0.39 is 6.03 Å². The van der Waals surface area contributed by atoms with Crippen molar-refractivity contribution in [2.45, 2.75) is 19.3 Å². The third-order valence-corrected chi connectivity index (χ3v) is 2.62. The van der Waals surface area contributed by atoms with Gasteiger partial charge in [0.05, 0.1) is 0 Å². The van der Waals surface area contributed by atoms with Crippen LogP contribution in [0.1, 0.15) is 19.3 Å². The van der Waals surface area contributed by atoms with Crippen LogP contribution in [0.2, 0.25) is 0 Å². The quantitative estimate of drug-likeness (QED) is 0.462. The third-order valence-electron chi connectivity index (χ3n) is 2.62. The zero-order valence-corrected chi connectivity index (χ0v) is 9.42. The van der Waals surface area contributed by atoms with Gasteiger partial charge in [0.1, 0.15) is 0 Å². The lowest BCUT2D eigenvalue weighted by atomic mass is 9.96. The Morgan fingerprint density at radius 3 is 2.69 bits per heavy atom. The molecule has 92 valence electrons. The lowest BCUT2D eigenvalue weighted by Crippen LogP contribution is -2.39. The molecule has 3 amide bonds. The maximum absolute atomic E-state index is 11.5. The number of amides is 3. The highest BCUT2D eigenvalue weighted by Gasteiger charge is 2.16. The van der Waals surface area contributed by atoms with Crippen molar-refractivity contribution in [1.82, 2.24) is 16.0 Å². The fraction of sp³-hybridized carbons (Fsp3) is 0.800. The Balaban J connectivity index is 2.03. The molecule has 0 aromatic carbocycles. The second-order valence-electron chi connectivity index (χ2n) is 4.06. The van der Waals surface area contributed by atoms with Gasteiger partial charge in [-0.25, -0.2) is 4.79 Å². The number of hydrogen-bond donors (Lipinski definition) is 4. The predicted octanol–water partition coefficient (Wildman–Crippen LogP) is -0.839. The number of carbonyl (C=O) groups excluding carboxylic acids is 2. The molecule has 0 radical (unpaired) electrons. The minimum atomic E-state index is -0.564. The van der Waals surface area contributed by atoms with E-state index >= 15 is 0 Å². The molecular formula is C10H20N4O2. The molecule has 0 aliphatic carbocycles. The highest BCUT2D eigenvalue weighted by molar-refractivity contribution is 5.76. The number of piperidine rings is 1. The summed E-state index contributed by atoms with van der Waals surface area (Å²) in [6.07, 6.45) is 2.81. The topological polar surface area (TPSA) is 96.2 Å². The van der Waals surface area contributed by atoms with Crippen molar-refractivity contribution in [3.05, 3.63) is 0 Å². The van der Waals surface area contributed by atoms with Gasteiger partial charge in [-0.3, -0.25) is 4.79 Å². The maximum Gasteiger partial charge on any atom is 0.312 e. The summed E-state index contributed by atoms with van der Waals surface area (Å²) in [6, 6.07) is -0.564. The van der Waals surface area contributed by atoms with Crippen molar-refractivity contribution >= 4 is 11.9 Å². The Bertz CT molecular complexity index is 239. The minimum Gasteiger partial charge on any atom is -0.354 e. The van der Waals surface area contributed by atoms with Crippen LogP contribution in [-0.4, -0.2) is 38.1 Å². The normalized spacial score (nSPS) is 20.1. The van der Waals surface area contributed by atoms with Crippen LogP contribution in [0.15, 0.2) is 0 Å². The largest absolute Gasteiger partial charge is 0.354 e. The molecule has 0 bridgehead atoms. The van der Waals surface area contributed by atoms with E-state index in [2.05, 4.69) is 16.0 Å². The molecule has 6 nitrogen and oxygen atoms in total. The van der Waals surface area contributed by atoms with E-state index in [1.807, 2.05) is 0 Å². The van der Waals surface area contributed by atoms with Gasteiger partial charge in [-0.05, 0) is 31.8 Å². The van der Waals surface area contributed by atoms with Crippen molar-refractivity contribution in [3.63, 3.8) is 0 Å². The molecule has 1 aliphatic rings. The molecular weight excluding hydrogens is 208 g/mol. The molecule has 1 unspecified atom stereocenters. The summed E-state index contributed by atoms with van der Waals surface area (Å²) in [4.78, 5) is 21.8. The van der Waals surface area contributed by atoms with Crippen molar-refractivity contribution in [1.29, 1.82) is 0 Å². The number of nitrogens with one attached hydrogen (secondary N) is 3. The molecule has 0 saturated carbocycles. The lowest BCUT2D eigenvalue weighted by Gasteiger charge is -2.22. The van der Waals surface area contributed by atoms with Crippen LogP contribution in [0.25, 0.3) is 0 Å². The molecule has 1 atom stereocenters. The second-order valence-corrected chi connectivity index (χ2v) is 4.06. The number of nitrogens with two attached hydrogens (primary N) is 1. The summed E-state index contributed by atoms with van der Waals surface area (Å²) < 4.78 is 0. The van der Waals surface area contributed by atoms with Crippen LogP contribution >= 0.6 is 0 Å². The van der Waals surface area contributed by atoms with E-state index in [0.717, 1.165) is 25.9 Å². The second kappa shape index (κ2) is 7.05. The highest BCUT2D eigenvalue weighted by Crippen LogP contribution is 2.13. The van der Waals surface area contributed by atoms with Crippen LogP contribution in [-0.2, 0) is 4.79 Å². The lowest BCUT2D eigenvalue weighted by molar-refractivity contribution is -0.122. The van der Waals surface area contributed by atoms with Gasteiger partial charge in [0, 0.05) is 19.5 Å². The summed E-state index contributed by atoms with van der Waals surface area (Å²) >= 11 is 0. The number of hydrogen-bond acceptors (Lipinski definition) is 3. The van der Waals surface area contributed by atoms with Crippen LogP contribution in [0, 0.1) is 5.92 Å². The molecule has 1 fully saturated rings. The fourth-order valence-corrected chi connectivity index (χ4v) is 1.82. The van der Waals surface area contributed by atoms with Crippen LogP contribution in [0.3, 0.4) is 0 Å². The Morgan fingerprint density at radius 1 is 1.31 bits per heavy atom. The van der Waals surface area contributed by atoms with Crippen LogP contribution in [0.4, 0.5) is 4.79 Å². The maximum atomic E-state index is 11.5. The van der Waals surface area contributed by atoms with Crippen molar-refractivity contribution in [2.24, 2.45) is 11.7 Å². The van der Waals surface area contributed by atoms with E-state index in [9.17, 15) is 9.59 Å². The summed E-state index contributed by atoms with van der Waals surface area (Å²) in [6.45, 7) is 2.79. The molecule has 1 rings (SSSR count). The van der Waals surface area contributed by atoms with Crippen LogP contribution < -0.4 is 21.7 Å². The molecule has 1 heterocycles. The first-order chi connectivity index (χ1) is 7.68. The Labute approximate surface area is 95.3 Å². The van der Waals surface area contributed by atoms with Gasteiger partial charge in [0.15, 0.2) is 0 Å². The molecule has 1 aliphatic heterocycles. The summed E-state index contributed by atoms with van der Waals surface area (Å²) in [5, 5.41) is 8.43. The number of rotatable bonds is 5. The zero-order chi connectivity index (χ0) is 11.8. The molecule has 5 N–H and O–H groups in total. The summed E-state index contributed by atoms with van der Waals surface area (Å²) in [5.41, 5.74) is 4.89. The van der Waals surface area contributed by atoms with E-state index in [4.69, 9.17) is 5.73 Å². The third kappa shape index (κ3) is 5.55. The van der Waals surface area contributed by atoms with Gasteiger partial charge in [-0.15, -0.1) is 0 Å². The molecule has 0 spiro atoms. The molecule has 16 heavy (non-hydrogen) atoms. The average molecular weight is 228 g/mol. The molecule has 0 aromatic rings. The van der Waals surface area contributed by atoms with Gasteiger partial charge >= 0.3 is 6.03 Å². The SMILES string of the molecule is NC(=O)NCCNC(=O)CC1CCCNC1. The summed E-state index contributed by atoms with van der Waals surface area (Å²) in [5.74, 6) is 0.484. The van der Waals surface area contributed by atoms with Crippen molar-refractivity contribution in [2.75, 3.05) is 26.2 Å².